The highest BCUT2D eigenvalue weighted by Gasteiger charge is 2.13. The third-order valence-electron chi connectivity index (χ3n) is 3.97. The van der Waals surface area contributed by atoms with Crippen LogP contribution >= 0.6 is 11.8 Å². The minimum Gasteiger partial charge on any atom is -0.293 e. The number of aryl methyl sites for hydroxylation is 2. The maximum absolute atomic E-state index is 12.5. The number of hydrogen-bond acceptors (Lipinski definition) is 6. The second kappa shape index (κ2) is 8.15. The SMILES string of the molecule is Cc1ccc(-n2cnnc2SCC(=O)c2ccc(NS(C)(=O)=O)cc2)c(C)c1. The Morgan fingerprint density at radius 2 is 1.86 bits per heavy atom. The molecule has 0 unspecified atom stereocenters. The minimum atomic E-state index is -3.34. The van der Waals surface area contributed by atoms with Gasteiger partial charge in [0.2, 0.25) is 10.0 Å². The summed E-state index contributed by atoms with van der Waals surface area (Å²) in [5, 5.41) is 8.73. The summed E-state index contributed by atoms with van der Waals surface area (Å²) in [7, 11) is -3.34. The van der Waals surface area contributed by atoms with E-state index in [0.717, 1.165) is 17.5 Å². The van der Waals surface area contributed by atoms with Crippen LogP contribution in [0.5, 0.6) is 0 Å². The molecular formula is C19H20N4O3S2. The van der Waals surface area contributed by atoms with Gasteiger partial charge in [-0.25, -0.2) is 8.42 Å². The maximum Gasteiger partial charge on any atom is 0.229 e. The molecule has 0 saturated heterocycles. The highest BCUT2D eigenvalue weighted by molar-refractivity contribution is 7.99. The first kappa shape index (κ1) is 20.1. The Labute approximate surface area is 168 Å². The Kier molecular flexibility index (Phi) is 5.85. The first-order valence-corrected chi connectivity index (χ1v) is 11.3. The number of thioether (sulfide) groups is 1. The molecule has 0 bridgehead atoms. The standard InChI is InChI=1S/C19H20N4O3S2/c1-13-4-9-17(14(2)10-13)23-12-20-21-19(23)27-11-18(24)15-5-7-16(8-6-15)22-28(3,25)26/h4-10,12,22H,11H2,1-3H3. The lowest BCUT2D eigenvalue weighted by molar-refractivity contribution is 0.102. The van der Waals surface area contributed by atoms with Crippen LogP contribution < -0.4 is 4.72 Å². The molecule has 1 aromatic heterocycles. The molecule has 7 nitrogen and oxygen atoms in total. The van der Waals surface area contributed by atoms with Gasteiger partial charge in [-0.1, -0.05) is 29.5 Å². The van der Waals surface area contributed by atoms with Gasteiger partial charge in [0, 0.05) is 11.3 Å². The number of Topliss-reactive ketones (excluding diaryl/α,β-unsaturated/α-hetero) is 1. The van der Waals surface area contributed by atoms with Crippen LogP contribution in [-0.4, -0.2) is 41.0 Å². The fraction of sp³-hybridized carbons (Fsp3) is 0.211. The molecule has 1 heterocycles. The summed E-state index contributed by atoms with van der Waals surface area (Å²) >= 11 is 1.31. The molecule has 0 aliphatic heterocycles. The van der Waals surface area contributed by atoms with Crippen molar-refractivity contribution in [1.82, 2.24) is 14.8 Å². The van der Waals surface area contributed by atoms with Crippen LogP contribution in [0.2, 0.25) is 0 Å². The van der Waals surface area contributed by atoms with Gasteiger partial charge in [0.15, 0.2) is 10.9 Å². The molecule has 0 radical (unpaired) electrons. The predicted molar refractivity (Wildman–Crippen MR) is 111 cm³/mol. The zero-order valence-corrected chi connectivity index (χ0v) is 17.3. The van der Waals surface area contributed by atoms with Crippen LogP contribution in [0.3, 0.4) is 0 Å². The average molecular weight is 417 g/mol. The predicted octanol–water partition coefficient (Wildman–Crippen LogP) is 3.23. The van der Waals surface area contributed by atoms with E-state index in [1.807, 2.05) is 30.5 Å². The molecule has 0 saturated carbocycles. The van der Waals surface area contributed by atoms with Gasteiger partial charge in [-0.05, 0) is 49.7 Å². The van der Waals surface area contributed by atoms with E-state index in [1.54, 1.807) is 30.6 Å². The zero-order valence-electron chi connectivity index (χ0n) is 15.7. The summed E-state index contributed by atoms with van der Waals surface area (Å²) in [5.41, 5.74) is 4.17. The van der Waals surface area contributed by atoms with Crippen LogP contribution in [0.4, 0.5) is 5.69 Å². The number of nitrogens with one attached hydrogen (secondary N) is 1. The van der Waals surface area contributed by atoms with Crippen molar-refractivity contribution in [2.75, 3.05) is 16.7 Å². The highest BCUT2D eigenvalue weighted by atomic mass is 32.2. The fourth-order valence-electron chi connectivity index (χ4n) is 2.72. The van der Waals surface area contributed by atoms with E-state index in [4.69, 9.17) is 0 Å². The molecule has 0 fully saturated rings. The van der Waals surface area contributed by atoms with E-state index < -0.39 is 10.0 Å². The zero-order chi connectivity index (χ0) is 20.3. The van der Waals surface area contributed by atoms with Crippen LogP contribution in [0.25, 0.3) is 5.69 Å². The largest absolute Gasteiger partial charge is 0.293 e. The number of nitrogens with zero attached hydrogens (tertiary/aromatic N) is 3. The molecule has 0 spiro atoms. The molecule has 2 aromatic carbocycles. The number of anilines is 1. The average Bonchev–Trinajstić information content (AvgIpc) is 3.07. The van der Waals surface area contributed by atoms with Crippen molar-refractivity contribution >= 4 is 33.3 Å². The number of rotatable bonds is 7. The number of aromatic nitrogens is 3. The lowest BCUT2D eigenvalue weighted by Gasteiger charge is -2.10. The van der Waals surface area contributed by atoms with Crippen molar-refractivity contribution in [3.05, 3.63) is 65.5 Å². The molecule has 0 aliphatic carbocycles. The minimum absolute atomic E-state index is 0.0777. The number of carbonyl (C=O) groups excluding carboxylic acids is 1. The van der Waals surface area contributed by atoms with Crippen molar-refractivity contribution in [3.8, 4) is 5.69 Å². The summed E-state index contributed by atoms with van der Waals surface area (Å²) in [6, 6.07) is 12.5. The van der Waals surface area contributed by atoms with E-state index in [0.29, 0.717) is 16.4 Å². The number of ketones is 1. The fourth-order valence-corrected chi connectivity index (χ4v) is 4.10. The number of hydrogen-bond donors (Lipinski definition) is 1. The summed E-state index contributed by atoms with van der Waals surface area (Å²) in [6.45, 7) is 4.06. The number of carbonyl (C=O) groups is 1. The van der Waals surface area contributed by atoms with Crippen molar-refractivity contribution in [2.45, 2.75) is 19.0 Å². The van der Waals surface area contributed by atoms with Crippen LogP contribution in [-0.2, 0) is 10.0 Å². The van der Waals surface area contributed by atoms with Gasteiger partial charge < -0.3 is 0 Å². The van der Waals surface area contributed by atoms with E-state index in [9.17, 15) is 13.2 Å². The summed E-state index contributed by atoms with van der Waals surface area (Å²) < 4.78 is 26.7. The smallest absolute Gasteiger partial charge is 0.229 e. The van der Waals surface area contributed by atoms with Crippen molar-refractivity contribution < 1.29 is 13.2 Å². The van der Waals surface area contributed by atoms with Crippen LogP contribution in [0.1, 0.15) is 21.5 Å². The second-order valence-corrected chi connectivity index (χ2v) is 9.13. The molecule has 146 valence electrons. The van der Waals surface area contributed by atoms with E-state index in [1.165, 1.54) is 17.3 Å². The van der Waals surface area contributed by atoms with Crippen molar-refractivity contribution in [3.63, 3.8) is 0 Å². The van der Waals surface area contributed by atoms with Crippen molar-refractivity contribution in [1.29, 1.82) is 0 Å². The third kappa shape index (κ3) is 4.99. The van der Waals surface area contributed by atoms with Gasteiger partial charge >= 0.3 is 0 Å². The summed E-state index contributed by atoms with van der Waals surface area (Å²) in [5.74, 6) is 0.119. The Bertz CT molecular complexity index is 1110. The first-order chi connectivity index (χ1) is 13.2. The van der Waals surface area contributed by atoms with Gasteiger partial charge in [0.05, 0.1) is 17.7 Å². The molecule has 3 rings (SSSR count). The Hall–Kier alpha value is -2.65. The van der Waals surface area contributed by atoms with Crippen LogP contribution in [0, 0.1) is 13.8 Å². The van der Waals surface area contributed by atoms with Crippen molar-refractivity contribution in [2.24, 2.45) is 0 Å². The van der Waals surface area contributed by atoms with E-state index in [2.05, 4.69) is 21.0 Å². The molecule has 28 heavy (non-hydrogen) atoms. The number of sulfonamides is 1. The summed E-state index contributed by atoms with van der Waals surface area (Å²) in [6.07, 6.45) is 2.71. The molecule has 0 atom stereocenters. The van der Waals surface area contributed by atoms with Gasteiger partial charge in [0.1, 0.15) is 6.33 Å². The molecule has 3 aromatic rings. The van der Waals surface area contributed by atoms with E-state index in [-0.39, 0.29) is 11.5 Å². The second-order valence-electron chi connectivity index (χ2n) is 6.44. The highest BCUT2D eigenvalue weighted by Crippen LogP contribution is 2.23. The number of benzene rings is 2. The summed E-state index contributed by atoms with van der Waals surface area (Å²) in [4.78, 5) is 12.5. The maximum atomic E-state index is 12.5. The normalized spacial score (nSPS) is 11.4. The Morgan fingerprint density at radius 1 is 1.14 bits per heavy atom. The molecular weight excluding hydrogens is 396 g/mol. The monoisotopic (exact) mass is 416 g/mol. The Balaban J connectivity index is 1.70. The van der Waals surface area contributed by atoms with Gasteiger partial charge in [-0.2, -0.15) is 0 Å². The van der Waals surface area contributed by atoms with Gasteiger partial charge in [0.25, 0.3) is 0 Å². The van der Waals surface area contributed by atoms with Gasteiger partial charge in [-0.15, -0.1) is 10.2 Å². The quantitative estimate of drug-likeness (QED) is 0.469. The molecule has 1 N–H and O–H groups in total. The topological polar surface area (TPSA) is 93.9 Å². The lowest BCUT2D eigenvalue weighted by atomic mass is 10.1. The van der Waals surface area contributed by atoms with Crippen LogP contribution in [0.15, 0.2) is 53.9 Å². The molecule has 0 amide bonds. The third-order valence-corrected chi connectivity index (χ3v) is 5.52. The Morgan fingerprint density at radius 3 is 2.50 bits per heavy atom. The molecule has 0 aliphatic rings. The lowest BCUT2D eigenvalue weighted by Crippen LogP contribution is -2.10. The first-order valence-electron chi connectivity index (χ1n) is 8.44. The molecule has 9 heteroatoms. The van der Waals surface area contributed by atoms with Gasteiger partial charge in [-0.3, -0.25) is 14.1 Å². The van der Waals surface area contributed by atoms with E-state index >= 15 is 0 Å².